The van der Waals surface area contributed by atoms with Crippen LogP contribution in [-0.2, 0) is 14.3 Å². The van der Waals surface area contributed by atoms with E-state index in [1.54, 1.807) is 19.0 Å². The van der Waals surface area contributed by atoms with Gasteiger partial charge in [0.2, 0.25) is 0 Å². The number of carbonyl (C=O) groups is 2. The van der Waals surface area contributed by atoms with Crippen LogP contribution in [0.2, 0.25) is 0 Å². The van der Waals surface area contributed by atoms with Gasteiger partial charge in [0.1, 0.15) is 11.8 Å². The van der Waals surface area contributed by atoms with Gasteiger partial charge >= 0.3 is 5.97 Å². The molecule has 0 saturated carbocycles. The molecule has 34 heavy (non-hydrogen) atoms. The fourth-order valence-electron chi connectivity index (χ4n) is 4.70. The fraction of sp³-hybridized carbons (Fsp3) is 0.444. The second-order valence-corrected chi connectivity index (χ2v) is 8.88. The summed E-state index contributed by atoms with van der Waals surface area (Å²) in [5, 5.41) is 6.40. The van der Waals surface area contributed by atoms with E-state index in [0.29, 0.717) is 26.0 Å². The summed E-state index contributed by atoms with van der Waals surface area (Å²) in [6.07, 6.45) is 3.25. The zero-order valence-corrected chi connectivity index (χ0v) is 20.2. The van der Waals surface area contributed by atoms with Crippen LogP contribution >= 0.6 is 0 Å². The zero-order valence-electron chi connectivity index (χ0n) is 20.2. The van der Waals surface area contributed by atoms with Gasteiger partial charge in [-0.3, -0.25) is 14.5 Å². The first-order valence-corrected chi connectivity index (χ1v) is 12.0. The Labute approximate surface area is 201 Å². The highest BCUT2D eigenvalue weighted by Crippen LogP contribution is 2.34. The summed E-state index contributed by atoms with van der Waals surface area (Å²) >= 11 is 0. The molecule has 7 nitrogen and oxygen atoms in total. The summed E-state index contributed by atoms with van der Waals surface area (Å²) in [6.45, 7) is 5.03. The van der Waals surface area contributed by atoms with Crippen molar-refractivity contribution in [2.45, 2.75) is 51.6 Å². The van der Waals surface area contributed by atoms with E-state index in [2.05, 4.69) is 24.3 Å². The molecule has 7 heteroatoms. The summed E-state index contributed by atoms with van der Waals surface area (Å²) in [5.41, 5.74) is 3.99. The molecule has 2 unspecified atom stereocenters. The topological polar surface area (TPSA) is 71.4 Å². The van der Waals surface area contributed by atoms with Gasteiger partial charge in [-0.2, -0.15) is 5.10 Å². The van der Waals surface area contributed by atoms with Gasteiger partial charge in [0.05, 0.1) is 32.0 Å². The number of nitrogens with zero attached hydrogens (tertiary/aromatic N) is 3. The molecule has 0 spiro atoms. The number of likely N-dealkylation sites (tertiary alicyclic amines) is 1. The molecule has 2 atom stereocenters. The second-order valence-electron chi connectivity index (χ2n) is 8.88. The maximum atomic E-state index is 13.6. The van der Waals surface area contributed by atoms with Gasteiger partial charge in [-0.05, 0) is 50.9 Å². The lowest BCUT2D eigenvalue weighted by Crippen LogP contribution is -2.49. The normalized spacial score (nSPS) is 20.7. The van der Waals surface area contributed by atoms with Gasteiger partial charge in [-0.1, -0.05) is 48.4 Å². The SMILES string of the molecule is CCOC(=O)C1CCCCN1CC(=O)N1N=C(c2cccc(OC)c2)CC1c1ccc(C)cc1. The number of ether oxygens (including phenoxy) is 2. The summed E-state index contributed by atoms with van der Waals surface area (Å²) in [6, 6.07) is 15.4. The Hall–Kier alpha value is -3.19. The van der Waals surface area contributed by atoms with Crippen molar-refractivity contribution >= 4 is 17.6 Å². The van der Waals surface area contributed by atoms with E-state index in [1.807, 2.05) is 36.1 Å². The van der Waals surface area contributed by atoms with E-state index in [9.17, 15) is 9.59 Å². The largest absolute Gasteiger partial charge is 0.497 e. The summed E-state index contributed by atoms with van der Waals surface area (Å²) in [4.78, 5) is 28.0. The van der Waals surface area contributed by atoms with E-state index >= 15 is 0 Å². The summed E-state index contributed by atoms with van der Waals surface area (Å²) < 4.78 is 10.7. The maximum Gasteiger partial charge on any atom is 0.323 e. The van der Waals surface area contributed by atoms with Crippen LogP contribution in [0.25, 0.3) is 0 Å². The Balaban J connectivity index is 1.60. The van der Waals surface area contributed by atoms with E-state index in [4.69, 9.17) is 14.6 Å². The molecule has 0 aliphatic carbocycles. The number of carbonyl (C=O) groups excluding carboxylic acids is 2. The molecule has 4 rings (SSSR count). The molecule has 0 bridgehead atoms. The number of piperidine rings is 1. The van der Waals surface area contributed by atoms with Gasteiger partial charge in [-0.25, -0.2) is 5.01 Å². The number of rotatable bonds is 7. The minimum atomic E-state index is -0.375. The molecule has 1 saturated heterocycles. The van der Waals surface area contributed by atoms with Crippen molar-refractivity contribution in [3.05, 3.63) is 65.2 Å². The van der Waals surface area contributed by atoms with Gasteiger partial charge in [0.25, 0.3) is 5.91 Å². The van der Waals surface area contributed by atoms with Crippen LogP contribution in [0.5, 0.6) is 5.75 Å². The summed E-state index contributed by atoms with van der Waals surface area (Å²) in [7, 11) is 1.64. The highest BCUT2D eigenvalue weighted by molar-refractivity contribution is 6.03. The first-order chi connectivity index (χ1) is 16.5. The first-order valence-electron chi connectivity index (χ1n) is 12.0. The van der Waals surface area contributed by atoms with Crippen LogP contribution < -0.4 is 4.74 Å². The van der Waals surface area contributed by atoms with Crippen molar-refractivity contribution in [2.75, 3.05) is 26.8 Å². The third-order valence-corrected chi connectivity index (χ3v) is 6.54. The second kappa shape index (κ2) is 10.8. The highest BCUT2D eigenvalue weighted by Gasteiger charge is 2.37. The number of hydrogen-bond donors (Lipinski definition) is 0. The Bertz CT molecular complexity index is 1050. The third kappa shape index (κ3) is 5.30. The Morgan fingerprint density at radius 3 is 2.65 bits per heavy atom. The molecule has 2 aromatic rings. The number of methoxy groups -OCH3 is 1. The molecule has 2 aliphatic heterocycles. The lowest BCUT2D eigenvalue weighted by atomic mass is 9.97. The lowest BCUT2D eigenvalue weighted by Gasteiger charge is -2.34. The van der Waals surface area contributed by atoms with Crippen molar-refractivity contribution in [3.63, 3.8) is 0 Å². The number of esters is 1. The standard InChI is InChI=1S/C27H33N3O4/c1-4-34-27(32)24-10-5-6-15-29(24)18-26(31)30-25(20-13-11-19(2)12-14-20)17-23(28-30)21-8-7-9-22(16-21)33-3/h7-9,11-14,16,24-25H,4-6,10,15,17-18H2,1-3H3. The average molecular weight is 464 g/mol. The Kier molecular flexibility index (Phi) is 7.63. The number of amides is 1. The van der Waals surface area contributed by atoms with E-state index in [-0.39, 0.29) is 30.5 Å². The number of hydrogen-bond acceptors (Lipinski definition) is 6. The van der Waals surface area contributed by atoms with Gasteiger partial charge in [-0.15, -0.1) is 0 Å². The molecule has 2 aromatic carbocycles. The Morgan fingerprint density at radius 2 is 1.91 bits per heavy atom. The van der Waals surface area contributed by atoms with Crippen molar-refractivity contribution < 1.29 is 19.1 Å². The molecule has 2 aliphatic rings. The average Bonchev–Trinajstić information content (AvgIpc) is 3.31. The van der Waals surface area contributed by atoms with Crippen molar-refractivity contribution in [1.29, 1.82) is 0 Å². The minimum Gasteiger partial charge on any atom is -0.497 e. The molecule has 1 amide bonds. The molecular formula is C27H33N3O4. The van der Waals surface area contributed by atoms with Crippen LogP contribution in [0.4, 0.5) is 0 Å². The van der Waals surface area contributed by atoms with Gasteiger partial charge in [0, 0.05) is 12.0 Å². The molecular weight excluding hydrogens is 430 g/mol. The van der Waals surface area contributed by atoms with Gasteiger partial charge < -0.3 is 9.47 Å². The van der Waals surface area contributed by atoms with Crippen molar-refractivity contribution in [2.24, 2.45) is 5.10 Å². The van der Waals surface area contributed by atoms with Crippen LogP contribution in [0, 0.1) is 6.92 Å². The van der Waals surface area contributed by atoms with Crippen molar-refractivity contribution in [3.8, 4) is 5.75 Å². The monoisotopic (exact) mass is 463 g/mol. The van der Waals surface area contributed by atoms with E-state index in [0.717, 1.165) is 35.4 Å². The van der Waals surface area contributed by atoms with Gasteiger partial charge in [0.15, 0.2) is 0 Å². The molecule has 0 N–H and O–H groups in total. The quantitative estimate of drug-likeness (QED) is 0.578. The molecule has 1 fully saturated rings. The molecule has 0 aromatic heterocycles. The van der Waals surface area contributed by atoms with Crippen LogP contribution in [0.15, 0.2) is 53.6 Å². The van der Waals surface area contributed by atoms with Crippen molar-refractivity contribution in [1.82, 2.24) is 9.91 Å². The fourth-order valence-corrected chi connectivity index (χ4v) is 4.70. The maximum absolute atomic E-state index is 13.6. The number of hydrazone groups is 1. The Morgan fingerprint density at radius 1 is 1.12 bits per heavy atom. The summed E-state index contributed by atoms with van der Waals surface area (Å²) in [5.74, 6) is 0.397. The van der Waals surface area contributed by atoms with Crippen LogP contribution in [-0.4, -0.2) is 60.3 Å². The lowest BCUT2D eigenvalue weighted by molar-refractivity contribution is -0.152. The van der Waals surface area contributed by atoms with E-state index in [1.165, 1.54) is 5.56 Å². The first kappa shape index (κ1) is 24.0. The number of benzene rings is 2. The zero-order chi connectivity index (χ0) is 24.1. The third-order valence-electron chi connectivity index (χ3n) is 6.54. The van der Waals surface area contributed by atoms with Crippen LogP contribution in [0.3, 0.4) is 0 Å². The highest BCUT2D eigenvalue weighted by atomic mass is 16.5. The predicted octanol–water partition coefficient (Wildman–Crippen LogP) is 4.10. The molecule has 0 radical (unpaired) electrons. The molecule has 180 valence electrons. The predicted molar refractivity (Wildman–Crippen MR) is 131 cm³/mol. The minimum absolute atomic E-state index is 0.111. The smallest absolute Gasteiger partial charge is 0.323 e. The number of aryl methyl sites for hydroxylation is 1. The van der Waals surface area contributed by atoms with Crippen LogP contribution in [0.1, 0.15) is 55.3 Å². The van der Waals surface area contributed by atoms with E-state index < -0.39 is 0 Å². The molecule has 2 heterocycles.